The van der Waals surface area contributed by atoms with Gasteiger partial charge in [-0.2, -0.15) is 5.26 Å². The molecule has 0 amide bonds. The van der Waals surface area contributed by atoms with E-state index in [9.17, 15) is 5.11 Å². The number of aromatic nitrogens is 3. The molecule has 0 aliphatic carbocycles. The quantitative estimate of drug-likeness (QED) is 0.625. The average molecular weight is 462 g/mol. The van der Waals surface area contributed by atoms with Crippen molar-refractivity contribution in [3.63, 3.8) is 0 Å². The molecule has 0 radical (unpaired) electrons. The molecule has 8 heteroatoms. The second kappa shape index (κ2) is 7.59. The minimum Gasteiger partial charge on any atom is -0.506 e. The Hall–Kier alpha value is -2.50. The van der Waals surface area contributed by atoms with Gasteiger partial charge in [0, 0.05) is 5.56 Å². The fraction of sp³-hybridized carbons (Fsp3) is 0.0588. The van der Waals surface area contributed by atoms with Gasteiger partial charge in [0.1, 0.15) is 18.1 Å². The van der Waals surface area contributed by atoms with E-state index >= 15 is 0 Å². The van der Waals surface area contributed by atoms with Crippen LogP contribution in [0, 0.1) is 11.3 Å². The van der Waals surface area contributed by atoms with Gasteiger partial charge in [-0.3, -0.25) is 0 Å². The Balaban J connectivity index is 1.71. The summed E-state index contributed by atoms with van der Waals surface area (Å²) < 4.78 is 6.58. The largest absolute Gasteiger partial charge is 0.506 e. The SMILES string of the molecule is N#Cc1ccc(COc2ncc(-c3cc(Br)c(O)c(Br)c3)nn2)cc1. The Morgan fingerprint density at radius 1 is 1.08 bits per heavy atom. The van der Waals surface area contributed by atoms with E-state index < -0.39 is 0 Å². The number of halogens is 2. The molecule has 1 aromatic heterocycles. The summed E-state index contributed by atoms with van der Waals surface area (Å²) in [5.74, 6) is 0.118. The van der Waals surface area contributed by atoms with Crippen LogP contribution >= 0.6 is 31.9 Å². The number of phenolic OH excluding ortho intramolecular Hbond substituents is 1. The maximum absolute atomic E-state index is 9.75. The Labute approximate surface area is 160 Å². The molecule has 0 bridgehead atoms. The second-order valence-corrected chi connectivity index (χ2v) is 6.72. The molecular formula is C17H10Br2N4O2. The summed E-state index contributed by atoms with van der Waals surface area (Å²) in [6.45, 7) is 0.281. The summed E-state index contributed by atoms with van der Waals surface area (Å²) in [6, 6.07) is 12.7. The number of aromatic hydroxyl groups is 1. The van der Waals surface area contributed by atoms with Gasteiger partial charge >= 0.3 is 6.01 Å². The zero-order valence-corrected chi connectivity index (χ0v) is 15.8. The fourth-order valence-corrected chi connectivity index (χ4v) is 3.19. The molecule has 3 aromatic rings. The molecule has 0 saturated carbocycles. The highest BCUT2D eigenvalue weighted by Crippen LogP contribution is 2.36. The molecule has 0 spiro atoms. The zero-order valence-electron chi connectivity index (χ0n) is 12.6. The third-order valence-corrected chi connectivity index (χ3v) is 4.51. The Bertz CT molecular complexity index is 915. The minimum atomic E-state index is 0.118. The average Bonchev–Trinajstić information content (AvgIpc) is 2.65. The van der Waals surface area contributed by atoms with Gasteiger partial charge in [0.25, 0.3) is 0 Å². The van der Waals surface area contributed by atoms with Crippen LogP contribution in [-0.4, -0.2) is 20.3 Å². The lowest BCUT2D eigenvalue weighted by molar-refractivity contribution is 0.276. The highest BCUT2D eigenvalue weighted by molar-refractivity contribution is 9.11. The van der Waals surface area contributed by atoms with Crippen molar-refractivity contribution < 1.29 is 9.84 Å². The summed E-state index contributed by atoms with van der Waals surface area (Å²) in [5.41, 5.74) is 2.79. The number of ether oxygens (including phenoxy) is 1. The monoisotopic (exact) mass is 460 g/mol. The van der Waals surface area contributed by atoms with E-state index in [1.807, 2.05) is 12.1 Å². The van der Waals surface area contributed by atoms with Crippen molar-refractivity contribution in [1.82, 2.24) is 15.2 Å². The zero-order chi connectivity index (χ0) is 17.8. The van der Waals surface area contributed by atoms with Crippen LogP contribution in [0.2, 0.25) is 0 Å². The maximum Gasteiger partial charge on any atom is 0.336 e. The van der Waals surface area contributed by atoms with Crippen LogP contribution in [-0.2, 0) is 6.61 Å². The normalized spacial score (nSPS) is 10.3. The standard InChI is InChI=1S/C17H10Br2N4O2/c18-13-5-12(6-14(19)16(13)24)15-8-21-17(23-22-15)25-9-11-3-1-10(7-20)2-4-11/h1-6,8,24H,9H2. The van der Waals surface area contributed by atoms with Crippen LogP contribution in [0.25, 0.3) is 11.3 Å². The number of nitrogens with zero attached hydrogens (tertiary/aromatic N) is 4. The molecule has 124 valence electrons. The molecule has 0 saturated heterocycles. The topological polar surface area (TPSA) is 91.9 Å². The lowest BCUT2D eigenvalue weighted by Gasteiger charge is -2.06. The molecule has 0 aliphatic heterocycles. The summed E-state index contributed by atoms with van der Waals surface area (Å²) in [6.07, 6.45) is 1.55. The third-order valence-electron chi connectivity index (χ3n) is 3.30. The van der Waals surface area contributed by atoms with Crippen molar-refractivity contribution in [1.29, 1.82) is 5.26 Å². The Morgan fingerprint density at radius 3 is 2.32 bits per heavy atom. The first kappa shape index (κ1) is 17.3. The van der Waals surface area contributed by atoms with E-state index in [2.05, 4.69) is 53.1 Å². The van der Waals surface area contributed by atoms with Gasteiger partial charge in [0.2, 0.25) is 0 Å². The van der Waals surface area contributed by atoms with Crippen molar-refractivity contribution in [3.05, 3.63) is 62.7 Å². The first-order valence-electron chi connectivity index (χ1n) is 7.07. The lowest BCUT2D eigenvalue weighted by atomic mass is 10.1. The second-order valence-electron chi connectivity index (χ2n) is 5.01. The van der Waals surface area contributed by atoms with E-state index in [1.165, 1.54) is 0 Å². The van der Waals surface area contributed by atoms with Crippen molar-refractivity contribution in [2.24, 2.45) is 0 Å². The fourth-order valence-electron chi connectivity index (χ4n) is 2.00. The molecular weight excluding hydrogens is 452 g/mol. The van der Waals surface area contributed by atoms with Gasteiger partial charge in [-0.1, -0.05) is 17.2 Å². The molecule has 25 heavy (non-hydrogen) atoms. The predicted molar refractivity (Wildman–Crippen MR) is 97.8 cm³/mol. The van der Waals surface area contributed by atoms with Gasteiger partial charge in [0.15, 0.2) is 0 Å². The highest BCUT2D eigenvalue weighted by atomic mass is 79.9. The first-order valence-corrected chi connectivity index (χ1v) is 8.65. The van der Waals surface area contributed by atoms with Gasteiger partial charge < -0.3 is 9.84 Å². The van der Waals surface area contributed by atoms with E-state index in [0.29, 0.717) is 20.2 Å². The Morgan fingerprint density at radius 2 is 1.76 bits per heavy atom. The molecule has 0 fully saturated rings. The summed E-state index contributed by atoms with van der Waals surface area (Å²) >= 11 is 6.55. The number of hydrogen-bond donors (Lipinski definition) is 1. The van der Waals surface area contributed by atoms with Crippen LogP contribution < -0.4 is 4.74 Å². The van der Waals surface area contributed by atoms with Crippen molar-refractivity contribution >= 4 is 31.9 Å². The summed E-state index contributed by atoms with van der Waals surface area (Å²) in [4.78, 5) is 4.14. The summed E-state index contributed by atoms with van der Waals surface area (Å²) in [7, 11) is 0. The van der Waals surface area contributed by atoms with Crippen molar-refractivity contribution in [2.75, 3.05) is 0 Å². The molecule has 0 atom stereocenters. The Kier molecular flexibility index (Phi) is 5.26. The van der Waals surface area contributed by atoms with Crippen LogP contribution in [0.1, 0.15) is 11.1 Å². The number of benzene rings is 2. The van der Waals surface area contributed by atoms with Gasteiger partial charge in [-0.15, -0.1) is 5.10 Å². The van der Waals surface area contributed by atoms with Crippen molar-refractivity contribution in [3.8, 4) is 29.1 Å². The van der Waals surface area contributed by atoms with E-state index in [-0.39, 0.29) is 18.4 Å². The van der Waals surface area contributed by atoms with E-state index in [1.54, 1.807) is 30.5 Å². The molecule has 1 N–H and O–H groups in total. The number of rotatable bonds is 4. The number of hydrogen-bond acceptors (Lipinski definition) is 6. The lowest BCUT2D eigenvalue weighted by Crippen LogP contribution is -2.01. The molecule has 2 aromatic carbocycles. The smallest absolute Gasteiger partial charge is 0.336 e. The van der Waals surface area contributed by atoms with Crippen LogP contribution in [0.3, 0.4) is 0 Å². The van der Waals surface area contributed by atoms with Crippen molar-refractivity contribution in [2.45, 2.75) is 6.61 Å². The van der Waals surface area contributed by atoms with Gasteiger partial charge in [-0.25, -0.2) is 4.98 Å². The van der Waals surface area contributed by atoms with Gasteiger partial charge in [0.05, 0.1) is 26.8 Å². The summed E-state index contributed by atoms with van der Waals surface area (Å²) in [5, 5.41) is 26.6. The maximum atomic E-state index is 9.75. The highest BCUT2D eigenvalue weighted by Gasteiger charge is 2.10. The number of nitriles is 1. The molecule has 0 aliphatic rings. The minimum absolute atomic E-state index is 0.118. The van der Waals surface area contributed by atoms with E-state index in [4.69, 9.17) is 10.00 Å². The molecule has 6 nitrogen and oxygen atoms in total. The van der Waals surface area contributed by atoms with E-state index in [0.717, 1.165) is 11.1 Å². The third kappa shape index (κ3) is 4.13. The van der Waals surface area contributed by atoms with Crippen LogP contribution in [0.5, 0.6) is 11.8 Å². The molecule has 1 heterocycles. The van der Waals surface area contributed by atoms with Crippen LogP contribution in [0.15, 0.2) is 51.5 Å². The van der Waals surface area contributed by atoms with Gasteiger partial charge in [-0.05, 0) is 61.7 Å². The van der Waals surface area contributed by atoms with Crippen LogP contribution in [0.4, 0.5) is 0 Å². The molecule has 0 unspecified atom stereocenters. The molecule has 3 rings (SSSR count). The number of phenols is 1. The first-order chi connectivity index (χ1) is 12.1. The predicted octanol–water partition coefficient (Wildman–Crippen LogP) is 4.22.